The number of amides is 2. The van der Waals surface area contributed by atoms with Crippen LogP contribution in [0.15, 0.2) is 47.1 Å². The van der Waals surface area contributed by atoms with Gasteiger partial charge in [0.1, 0.15) is 0 Å². The van der Waals surface area contributed by atoms with Crippen LogP contribution in [0.3, 0.4) is 0 Å². The molecule has 2 heterocycles. The van der Waals surface area contributed by atoms with Crippen LogP contribution in [0.4, 0.5) is 11.4 Å². The molecule has 0 saturated carbocycles. The van der Waals surface area contributed by atoms with Crippen LogP contribution < -0.4 is 16.0 Å². The lowest BCUT2D eigenvalue weighted by Crippen LogP contribution is -2.35. The number of hydrogen-bond acceptors (Lipinski definition) is 4. The van der Waals surface area contributed by atoms with Gasteiger partial charge in [-0.05, 0) is 55.8 Å². The number of carbonyl (C=O) groups excluding carboxylic acids is 2. The van der Waals surface area contributed by atoms with E-state index >= 15 is 0 Å². The minimum atomic E-state index is -0.308. The summed E-state index contributed by atoms with van der Waals surface area (Å²) in [6.45, 7) is 0.885. The van der Waals surface area contributed by atoms with Crippen LogP contribution in [0.5, 0.6) is 0 Å². The molecule has 6 heteroatoms. The molecule has 2 aromatic rings. The lowest BCUT2D eigenvalue weighted by molar-refractivity contribution is -0.117. The van der Waals surface area contributed by atoms with Crippen LogP contribution >= 0.6 is 0 Å². The Balaban J connectivity index is 1.58. The van der Waals surface area contributed by atoms with Gasteiger partial charge in [-0.15, -0.1) is 0 Å². The van der Waals surface area contributed by atoms with E-state index < -0.39 is 0 Å². The molecular formula is C16H17N3O3. The summed E-state index contributed by atoms with van der Waals surface area (Å²) >= 11 is 0. The fraction of sp³-hybridized carbons (Fsp3) is 0.250. The third-order valence-electron chi connectivity index (χ3n) is 3.53. The first-order valence-electron chi connectivity index (χ1n) is 7.21. The van der Waals surface area contributed by atoms with E-state index in [9.17, 15) is 9.59 Å². The number of hydrogen-bond donors (Lipinski definition) is 3. The maximum absolute atomic E-state index is 12.0. The van der Waals surface area contributed by atoms with Crippen molar-refractivity contribution >= 4 is 23.2 Å². The zero-order chi connectivity index (χ0) is 15.4. The molecule has 0 bridgehead atoms. The molecule has 2 amide bonds. The minimum Gasteiger partial charge on any atom is -0.459 e. The molecule has 1 aromatic heterocycles. The second kappa shape index (κ2) is 6.44. The number of rotatable bonds is 4. The molecule has 1 atom stereocenters. The Morgan fingerprint density at radius 3 is 2.41 bits per heavy atom. The Kier molecular flexibility index (Phi) is 4.20. The topological polar surface area (TPSA) is 83.4 Å². The molecule has 1 aliphatic heterocycles. The normalized spacial score (nSPS) is 17.2. The van der Waals surface area contributed by atoms with E-state index in [0.29, 0.717) is 11.4 Å². The van der Waals surface area contributed by atoms with Gasteiger partial charge in [0.2, 0.25) is 5.91 Å². The van der Waals surface area contributed by atoms with Gasteiger partial charge in [0.15, 0.2) is 5.76 Å². The van der Waals surface area contributed by atoms with E-state index in [2.05, 4.69) is 16.0 Å². The summed E-state index contributed by atoms with van der Waals surface area (Å²) in [4.78, 5) is 23.8. The van der Waals surface area contributed by atoms with Crippen molar-refractivity contribution in [3.05, 3.63) is 48.4 Å². The number of carbonyl (C=O) groups is 2. The van der Waals surface area contributed by atoms with Crippen LogP contribution in [0.25, 0.3) is 0 Å². The van der Waals surface area contributed by atoms with Crippen molar-refractivity contribution in [3.8, 4) is 0 Å². The highest BCUT2D eigenvalue weighted by Gasteiger charge is 2.21. The Labute approximate surface area is 127 Å². The molecule has 0 spiro atoms. The van der Waals surface area contributed by atoms with E-state index in [1.54, 1.807) is 36.4 Å². The lowest BCUT2D eigenvalue weighted by atomic mass is 10.2. The average Bonchev–Trinajstić information content (AvgIpc) is 3.23. The second-order valence-corrected chi connectivity index (χ2v) is 5.15. The first-order chi connectivity index (χ1) is 10.7. The first kappa shape index (κ1) is 14.3. The maximum atomic E-state index is 12.0. The van der Waals surface area contributed by atoms with Crippen LogP contribution in [0.2, 0.25) is 0 Å². The summed E-state index contributed by atoms with van der Waals surface area (Å²) in [6.07, 6.45) is 3.34. The molecule has 1 saturated heterocycles. The summed E-state index contributed by atoms with van der Waals surface area (Å²) in [5, 5.41) is 8.73. The van der Waals surface area contributed by atoms with Gasteiger partial charge >= 0.3 is 0 Å². The summed E-state index contributed by atoms with van der Waals surface area (Å²) in [6, 6.07) is 10.1. The Morgan fingerprint density at radius 1 is 1.09 bits per heavy atom. The van der Waals surface area contributed by atoms with E-state index in [4.69, 9.17) is 4.42 Å². The van der Waals surface area contributed by atoms with Crippen molar-refractivity contribution in [1.29, 1.82) is 0 Å². The Hall–Kier alpha value is -2.60. The highest BCUT2D eigenvalue weighted by molar-refractivity contribution is 6.02. The van der Waals surface area contributed by atoms with E-state index in [-0.39, 0.29) is 23.6 Å². The van der Waals surface area contributed by atoms with Crippen LogP contribution in [0.1, 0.15) is 23.4 Å². The van der Waals surface area contributed by atoms with Crippen LogP contribution in [-0.2, 0) is 4.79 Å². The van der Waals surface area contributed by atoms with Gasteiger partial charge in [0.05, 0.1) is 12.3 Å². The smallest absolute Gasteiger partial charge is 0.291 e. The van der Waals surface area contributed by atoms with Crippen molar-refractivity contribution < 1.29 is 14.0 Å². The van der Waals surface area contributed by atoms with Gasteiger partial charge in [-0.3, -0.25) is 9.59 Å². The maximum Gasteiger partial charge on any atom is 0.291 e. The monoisotopic (exact) mass is 299 g/mol. The van der Waals surface area contributed by atoms with E-state index in [1.807, 2.05) is 0 Å². The number of nitrogens with one attached hydrogen (secondary N) is 3. The zero-order valence-electron chi connectivity index (χ0n) is 12.0. The standard InChI is InChI=1S/C16H17N3O3/c20-15(13-3-1-9-17-13)18-11-5-7-12(8-6-11)19-16(21)14-4-2-10-22-14/h2,4-8,10,13,17H,1,3,9H2,(H,18,20)(H,19,21). The molecule has 1 fully saturated rings. The fourth-order valence-electron chi connectivity index (χ4n) is 2.38. The fourth-order valence-corrected chi connectivity index (χ4v) is 2.38. The van der Waals surface area contributed by atoms with Gasteiger partial charge < -0.3 is 20.4 Å². The molecule has 114 valence electrons. The quantitative estimate of drug-likeness (QED) is 0.808. The van der Waals surface area contributed by atoms with Crippen LogP contribution in [-0.4, -0.2) is 24.4 Å². The van der Waals surface area contributed by atoms with Gasteiger partial charge in [0.25, 0.3) is 5.91 Å². The van der Waals surface area contributed by atoms with Crippen molar-refractivity contribution in [3.63, 3.8) is 0 Å². The summed E-state index contributed by atoms with van der Waals surface area (Å²) in [5.74, 6) is -0.0773. The molecule has 0 radical (unpaired) electrons. The largest absolute Gasteiger partial charge is 0.459 e. The average molecular weight is 299 g/mol. The molecule has 22 heavy (non-hydrogen) atoms. The molecule has 1 unspecified atom stereocenters. The molecular weight excluding hydrogens is 282 g/mol. The predicted molar refractivity (Wildman–Crippen MR) is 82.8 cm³/mol. The molecule has 6 nitrogen and oxygen atoms in total. The molecule has 0 aliphatic carbocycles. The van der Waals surface area contributed by atoms with Gasteiger partial charge in [0, 0.05) is 11.4 Å². The van der Waals surface area contributed by atoms with Crippen molar-refractivity contribution in [1.82, 2.24) is 5.32 Å². The van der Waals surface area contributed by atoms with Crippen LogP contribution in [0, 0.1) is 0 Å². The number of benzene rings is 1. The number of anilines is 2. The highest BCUT2D eigenvalue weighted by Crippen LogP contribution is 2.16. The molecule has 3 rings (SSSR count). The van der Waals surface area contributed by atoms with Gasteiger partial charge in [-0.25, -0.2) is 0 Å². The van der Waals surface area contributed by atoms with Gasteiger partial charge in [-0.2, -0.15) is 0 Å². The van der Waals surface area contributed by atoms with Crippen molar-refractivity contribution in [2.24, 2.45) is 0 Å². The minimum absolute atomic E-state index is 0.0233. The van der Waals surface area contributed by atoms with Crippen molar-refractivity contribution in [2.45, 2.75) is 18.9 Å². The third kappa shape index (κ3) is 3.35. The zero-order valence-corrected chi connectivity index (χ0v) is 12.0. The summed E-state index contributed by atoms with van der Waals surface area (Å²) in [7, 11) is 0. The Morgan fingerprint density at radius 2 is 1.82 bits per heavy atom. The van der Waals surface area contributed by atoms with Gasteiger partial charge in [-0.1, -0.05) is 0 Å². The lowest BCUT2D eigenvalue weighted by Gasteiger charge is -2.11. The number of furan rings is 1. The van der Waals surface area contributed by atoms with Crippen molar-refractivity contribution in [2.75, 3.05) is 17.2 Å². The SMILES string of the molecule is O=C(Nc1ccc(NC(=O)C2CCCN2)cc1)c1ccco1. The van der Waals surface area contributed by atoms with E-state index in [0.717, 1.165) is 19.4 Å². The summed E-state index contributed by atoms with van der Waals surface area (Å²) in [5.41, 5.74) is 1.34. The summed E-state index contributed by atoms with van der Waals surface area (Å²) < 4.78 is 5.02. The highest BCUT2D eigenvalue weighted by atomic mass is 16.3. The van der Waals surface area contributed by atoms with E-state index in [1.165, 1.54) is 6.26 Å². The molecule has 1 aromatic carbocycles. The molecule has 3 N–H and O–H groups in total. The molecule has 1 aliphatic rings. The predicted octanol–water partition coefficient (Wildman–Crippen LogP) is 2.22. The first-order valence-corrected chi connectivity index (χ1v) is 7.21. The second-order valence-electron chi connectivity index (χ2n) is 5.15. The third-order valence-corrected chi connectivity index (χ3v) is 3.53. The Bertz CT molecular complexity index is 644.